The largest absolute Gasteiger partial charge is 0.366 e. The van der Waals surface area contributed by atoms with Crippen LogP contribution in [0.1, 0.15) is 37.8 Å². The number of aryl methyl sites for hydroxylation is 1. The summed E-state index contributed by atoms with van der Waals surface area (Å²) in [6, 6.07) is 7.43. The summed E-state index contributed by atoms with van der Waals surface area (Å²) in [6.45, 7) is 3.83. The van der Waals surface area contributed by atoms with Crippen LogP contribution in [0.25, 0.3) is 0 Å². The Morgan fingerprint density at radius 2 is 1.74 bits per heavy atom. The zero-order valence-electron chi connectivity index (χ0n) is 20.1. The molecule has 1 aromatic rings. The second-order valence-electron chi connectivity index (χ2n) is 8.27. The van der Waals surface area contributed by atoms with Crippen LogP contribution in [-0.4, -0.2) is 82.8 Å². The van der Waals surface area contributed by atoms with Crippen molar-refractivity contribution >= 4 is 57.0 Å². The van der Waals surface area contributed by atoms with Crippen LogP contribution in [0.15, 0.2) is 24.3 Å². The third kappa shape index (κ3) is 8.99. The second-order valence-corrected chi connectivity index (χ2v) is 11.0. The molecule has 0 spiro atoms. The minimum Gasteiger partial charge on any atom is -0.366 e. The fraction of sp³-hybridized carbons (Fsp3) is 0.500. The van der Waals surface area contributed by atoms with Gasteiger partial charge in [-0.2, -0.15) is 0 Å². The molecule has 0 radical (unpaired) electrons. The molecule has 2 aliphatic heterocycles. The first-order chi connectivity index (χ1) is 16.6. The maximum Gasteiger partial charge on any atom is 0.230 e. The average molecular weight is 523 g/mol. The summed E-state index contributed by atoms with van der Waals surface area (Å²) in [5.74, 6) is -0.118. The number of ether oxygens (including phenoxy) is 1. The van der Waals surface area contributed by atoms with Crippen LogP contribution in [0.4, 0.5) is 0 Å². The number of likely N-dealkylation sites (tertiary alicyclic amines) is 1. The SMILES string of the molecule is CC(=O)CN(C)C1(C(C)=O)SS1.O=CCOCC(=O)Cc1ccc(CCC(=O)N2CCC2=O)cc1. The number of carbonyl (C=O) groups is 6. The molecule has 35 heavy (non-hydrogen) atoms. The minimum atomic E-state index is -0.453. The molecular weight excluding hydrogens is 492 g/mol. The van der Waals surface area contributed by atoms with Gasteiger partial charge in [-0.15, -0.1) is 0 Å². The Morgan fingerprint density at radius 1 is 1.11 bits per heavy atom. The fourth-order valence-corrected chi connectivity index (χ4v) is 5.68. The Kier molecular flexibility index (Phi) is 11.3. The summed E-state index contributed by atoms with van der Waals surface area (Å²) in [4.78, 5) is 69.7. The van der Waals surface area contributed by atoms with E-state index in [0.717, 1.165) is 11.1 Å². The molecule has 2 aliphatic rings. The highest BCUT2D eigenvalue weighted by Gasteiger charge is 2.54. The van der Waals surface area contributed by atoms with Crippen molar-refractivity contribution < 1.29 is 33.5 Å². The Labute approximate surface area is 212 Å². The summed E-state index contributed by atoms with van der Waals surface area (Å²) >= 11 is 0. The highest BCUT2D eigenvalue weighted by atomic mass is 33.2. The smallest absolute Gasteiger partial charge is 0.230 e. The molecule has 0 bridgehead atoms. The van der Waals surface area contributed by atoms with Gasteiger partial charge in [-0.1, -0.05) is 24.3 Å². The van der Waals surface area contributed by atoms with Crippen molar-refractivity contribution in [1.29, 1.82) is 0 Å². The van der Waals surface area contributed by atoms with Crippen molar-refractivity contribution in [3.8, 4) is 0 Å². The first-order valence-corrected chi connectivity index (χ1v) is 13.3. The first-order valence-electron chi connectivity index (χ1n) is 11.1. The monoisotopic (exact) mass is 522 g/mol. The molecular formula is C24H30N2O7S2. The molecule has 2 fully saturated rings. The van der Waals surface area contributed by atoms with E-state index < -0.39 is 4.20 Å². The molecule has 0 unspecified atom stereocenters. The summed E-state index contributed by atoms with van der Waals surface area (Å²) in [7, 11) is 4.83. The predicted molar refractivity (Wildman–Crippen MR) is 134 cm³/mol. The van der Waals surface area contributed by atoms with Gasteiger partial charge in [-0.25, -0.2) is 0 Å². The highest BCUT2D eigenvalue weighted by Crippen LogP contribution is 2.66. The maximum atomic E-state index is 11.8. The Bertz CT molecular complexity index is 961. The van der Waals surface area contributed by atoms with E-state index in [2.05, 4.69) is 0 Å². The summed E-state index contributed by atoms with van der Waals surface area (Å²) in [5, 5.41) is 0. The number of aldehydes is 1. The van der Waals surface area contributed by atoms with Gasteiger partial charge < -0.3 is 9.53 Å². The van der Waals surface area contributed by atoms with Crippen molar-refractivity contribution in [2.75, 3.05) is 33.4 Å². The van der Waals surface area contributed by atoms with E-state index in [9.17, 15) is 28.8 Å². The van der Waals surface area contributed by atoms with E-state index in [-0.39, 0.29) is 48.8 Å². The van der Waals surface area contributed by atoms with Gasteiger partial charge in [0.05, 0.1) is 6.54 Å². The fourth-order valence-electron chi connectivity index (χ4n) is 3.28. The topological polar surface area (TPSA) is 118 Å². The van der Waals surface area contributed by atoms with Crippen LogP contribution < -0.4 is 0 Å². The van der Waals surface area contributed by atoms with Gasteiger partial charge in [0.25, 0.3) is 0 Å². The molecule has 0 atom stereocenters. The molecule has 190 valence electrons. The van der Waals surface area contributed by atoms with E-state index >= 15 is 0 Å². The van der Waals surface area contributed by atoms with Crippen LogP contribution in [-0.2, 0) is 46.3 Å². The molecule has 11 heteroatoms. The van der Waals surface area contributed by atoms with Crippen LogP contribution >= 0.6 is 21.6 Å². The zero-order chi connectivity index (χ0) is 26.0. The van der Waals surface area contributed by atoms with Gasteiger partial charge in [-0.05, 0) is 60.0 Å². The summed E-state index contributed by atoms with van der Waals surface area (Å²) < 4.78 is 4.41. The van der Waals surface area contributed by atoms with Crippen LogP contribution in [0, 0.1) is 0 Å². The van der Waals surface area contributed by atoms with Gasteiger partial charge in [0.1, 0.15) is 25.3 Å². The normalized spacial score (nSPS) is 15.5. The molecule has 0 N–H and O–H groups in total. The van der Waals surface area contributed by atoms with Crippen molar-refractivity contribution in [3.05, 3.63) is 35.4 Å². The van der Waals surface area contributed by atoms with Gasteiger partial charge in [0.2, 0.25) is 11.8 Å². The van der Waals surface area contributed by atoms with Gasteiger partial charge in [0.15, 0.2) is 15.8 Å². The molecule has 3 rings (SSSR count). The molecule has 2 heterocycles. The first kappa shape index (κ1) is 28.9. The number of nitrogens with zero attached hydrogens (tertiary/aromatic N) is 2. The van der Waals surface area contributed by atoms with E-state index in [1.807, 2.05) is 24.3 Å². The number of hydrogen-bond acceptors (Lipinski definition) is 10. The molecule has 0 aliphatic carbocycles. The Hall–Kier alpha value is -2.34. The lowest BCUT2D eigenvalue weighted by atomic mass is 10.0. The number of amides is 2. The standard InChI is InChI=1S/C17H19NO5.C7H11NO2S2/c19-9-10-23-12-15(20)11-14-3-1-13(2-4-14)5-6-16(21)18-8-7-17(18)22;1-5(9)4-8(3)7(6(2)10)11-12-7/h1-4,9H,5-8,10-12H2;4H2,1-3H3. The quantitative estimate of drug-likeness (QED) is 0.125. The molecule has 0 aromatic heterocycles. The number of hydrogen-bond donors (Lipinski definition) is 0. The Morgan fingerprint density at radius 3 is 2.20 bits per heavy atom. The molecule has 1 aromatic carbocycles. The van der Waals surface area contributed by atoms with Crippen LogP contribution in [0.2, 0.25) is 0 Å². The number of ketones is 3. The predicted octanol–water partition coefficient (Wildman–Crippen LogP) is 1.85. The average Bonchev–Trinajstić information content (AvgIpc) is 3.60. The maximum absolute atomic E-state index is 11.8. The van der Waals surface area contributed by atoms with Crippen LogP contribution in [0.3, 0.4) is 0 Å². The van der Waals surface area contributed by atoms with E-state index in [0.29, 0.717) is 38.6 Å². The van der Waals surface area contributed by atoms with Crippen molar-refractivity contribution in [2.24, 2.45) is 0 Å². The molecule has 0 saturated carbocycles. The minimum absolute atomic E-state index is 0.0706. The van der Waals surface area contributed by atoms with Gasteiger partial charge >= 0.3 is 0 Å². The molecule has 2 saturated heterocycles. The third-order valence-corrected chi connectivity index (χ3v) is 8.43. The van der Waals surface area contributed by atoms with Crippen molar-refractivity contribution in [3.63, 3.8) is 0 Å². The number of likely N-dealkylation sites (N-methyl/N-ethyl adjacent to an activating group) is 1. The zero-order valence-corrected chi connectivity index (χ0v) is 21.7. The van der Waals surface area contributed by atoms with Crippen LogP contribution in [0.5, 0.6) is 0 Å². The van der Waals surface area contributed by atoms with Gasteiger partial charge in [0, 0.05) is 25.8 Å². The van der Waals surface area contributed by atoms with Crippen molar-refractivity contribution in [1.82, 2.24) is 9.80 Å². The number of Topliss-reactive ketones (excluding diaryl/α,β-unsaturated/α-hetero) is 3. The molecule has 9 nitrogen and oxygen atoms in total. The number of imide groups is 1. The lowest BCUT2D eigenvalue weighted by Gasteiger charge is -2.28. The van der Waals surface area contributed by atoms with E-state index in [1.54, 1.807) is 18.9 Å². The Balaban J connectivity index is 0.000000303. The lowest BCUT2D eigenvalue weighted by molar-refractivity contribution is -0.152. The summed E-state index contributed by atoms with van der Waals surface area (Å²) in [5.41, 5.74) is 1.84. The highest BCUT2D eigenvalue weighted by molar-refractivity contribution is 8.94. The lowest BCUT2D eigenvalue weighted by Crippen LogP contribution is -2.47. The molecule has 2 amide bonds. The summed E-state index contributed by atoms with van der Waals surface area (Å²) in [6.07, 6.45) is 2.20. The number of β-lactam (4-membered cyclic amide) rings is 1. The number of rotatable bonds is 13. The van der Waals surface area contributed by atoms with E-state index in [4.69, 9.17) is 4.74 Å². The second kappa shape index (κ2) is 13.7. The number of carbonyl (C=O) groups excluding carboxylic acids is 6. The van der Waals surface area contributed by atoms with E-state index in [1.165, 1.54) is 33.4 Å². The van der Waals surface area contributed by atoms with Gasteiger partial charge in [-0.3, -0.25) is 33.8 Å². The number of benzene rings is 1. The van der Waals surface area contributed by atoms with Crippen molar-refractivity contribution in [2.45, 2.75) is 43.7 Å². The third-order valence-electron chi connectivity index (χ3n) is 5.30.